The van der Waals surface area contributed by atoms with E-state index in [9.17, 15) is 4.79 Å². The Hall–Kier alpha value is -2.62. The first-order valence-corrected chi connectivity index (χ1v) is 7.03. The number of aromatic amines is 1. The van der Waals surface area contributed by atoms with Gasteiger partial charge in [-0.05, 0) is 18.4 Å². The smallest absolute Gasteiger partial charge is 0.302 e. The molecule has 23 heavy (non-hydrogen) atoms. The van der Waals surface area contributed by atoms with Crippen LogP contribution in [0.25, 0.3) is 15.9 Å². The van der Waals surface area contributed by atoms with E-state index in [1.54, 1.807) is 6.92 Å². The molecule has 1 N–H and O–H groups in total. The van der Waals surface area contributed by atoms with Crippen molar-refractivity contribution in [3.8, 4) is 0 Å². The molecule has 0 radical (unpaired) electrons. The predicted octanol–water partition coefficient (Wildman–Crippen LogP) is 1.55. The highest BCUT2D eigenvalue weighted by Crippen LogP contribution is 2.28. The summed E-state index contributed by atoms with van der Waals surface area (Å²) in [7, 11) is 0. The number of hydrogen-bond donors (Lipinski definition) is 1. The summed E-state index contributed by atoms with van der Waals surface area (Å²) in [6, 6.07) is 0.0403. The first kappa shape index (κ1) is 8.29. The van der Waals surface area contributed by atoms with Gasteiger partial charge >= 0.3 is 5.91 Å². The molecule has 7 nitrogen and oxygen atoms in total. The zero-order chi connectivity index (χ0) is 23.4. The highest BCUT2D eigenvalue weighted by atomic mass is 16.2. The fraction of sp³-hybridized carbons (Fsp3) is 0.500. The molecule has 2 atom stereocenters. The topological polar surface area (TPSA) is 69.5 Å². The number of aromatic nitrogens is 3. The number of carbonyl (C=O) groups is 1. The van der Waals surface area contributed by atoms with Crippen LogP contribution in [0.15, 0.2) is 18.6 Å². The Balaban J connectivity index is 2.20. The summed E-state index contributed by atoms with van der Waals surface area (Å²) in [5, 5.41) is 0.259. The Labute approximate surface area is 146 Å². The van der Waals surface area contributed by atoms with E-state index in [4.69, 9.17) is 17.5 Å². The Morgan fingerprint density at radius 1 is 1.78 bits per heavy atom. The first-order valence-electron chi connectivity index (χ1n) is 11.0. The van der Waals surface area contributed by atoms with Crippen molar-refractivity contribution < 1.29 is 15.8 Å². The zero-order valence-corrected chi connectivity index (χ0v) is 12.4. The van der Waals surface area contributed by atoms with Gasteiger partial charge in [0.25, 0.3) is 6.50 Å². The second-order valence-electron chi connectivity index (χ2n) is 5.28. The van der Waals surface area contributed by atoms with Crippen LogP contribution in [-0.4, -0.2) is 58.3 Å². The van der Waals surface area contributed by atoms with Crippen molar-refractivity contribution in [2.75, 3.05) is 31.4 Å². The summed E-state index contributed by atoms with van der Waals surface area (Å²) in [4.78, 5) is 27.3. The average Bonchev–Trinajstić information content (AvgIpc) is 3.11. The van der Waals surface area contributed by atoms with Crippen molar-refractivity contribution in [3.05, 3.63) is 30.0 Å². The predicted molar refractivity (Wildman–Crippen MR) is 87.9 cm³/mol. The molecule has 2 aromatic rings. The molecule has 0 aliphatic carbocycles. The molecule has 3 rings (SSSR count). The summed E-state index contributed by atoms with van der Waals surface area (Å²) < 4.78 is 64.6. The van der Waals surface area contributed by atoms with E-state index < -0.39 is 44.1 Å². The van der Waals surface area contributed by atoms with Gasteiger partial charge in [0.15, 0.2) is 0 Å². The SMILES string of the molecule is [2H]c1nc(N([C@@H]2[C@H](C)CCN(C(=O)C([2H])([2H])[N+]#[C-])C2([2H])[2H])C([2H])([2H])[2H])c2cc[nH]c2n1. The molecule has 0 unspecified atom stereocenters. The number of amides is 1. The molecular weight excluding hydrogens is 292 g/mol. The number of nitrogens with zero attached hydrogens (tertiary/aromatic N) is 5. The van der Waals surface area contributed by atoms with Gasteiger partial charge in [-0.3, -0.25) is 4.79 Å². The molecule has 1 aliphatic rings. The lowest BCUT2D eigenvalue weighted by molar-refractivity contribution is -0.130. The van der Waals surface area contributed by atoms with Crippen molar-refractivity contribution in [1.29, 1.82) is 0 Å². The normalized spacial score (nSPS) is 29.7. The van der Waals surface area contributed by atoms with Gasteiger partial charge in [0.2, 0.25) is 0 Å². The van der Waals surface area contributed by atoms with E-state index >= 15 is 0 Å². The van der Waals surface area contributed by atoms with Crippen LogP contribution < -0.4 is 4.90 Å². The zero-order valence-electron chi connectivity index (χ0n) is 20.4. The number of H-pyrrole nitrogens is 1. The van der Waals surface area contributed by atoms with Crippen molar-refractivity contribution in [2.45, 2.75) is 19.4 Å². The monoisotopic (exact) mass is 320 g/mol. The van der Waals surface area contributed by atoms with E-state index in [0.717, 1.165) is 4.90 Å². The van der Waals surface area contributed by atoms with Crippen molar-refractivity contribution >= 4 is 22.8 Å². The summed E-state index contributed by atoms with van der Waals surface area (Å²) in [5.74, 6) is -2.15. The number of likely N-dealkylation sites (N-methyl/N-ethyl adjacent to an activating group) is 1. The van der Waals surface area contributed by atoms with Gasteiger partial charge < -0.3 is 19.6 Å². The minimum atomic E-state index is -2.99. The lowest BCUT2D eigenvalue weighted by Crippen LogP contribution is -2.53. The third kappa shape index (κ3) is 2.84. The molecule has 2 aromatic heterocycles. The molecular formula is C16H20N6O. The first-order chi connectivity index (χ1) is 14.2. The Morgan fingerprint density at radius 2 is 2.65 bits per heavy atom. The summed E-state index contributed by atoms with van der Waals surface area (Å²) in [6.07, 6.45) is 1.19. The van der Waals surface area contributed by atoms with Crippen LogP contribution in [0.3, 0.4) is 0 Å². The van der Waals surface area contributed by atoms with Crippen LogP contribution in [0.4, 0.5) is 5.82 Å². The number of carbonyl (C=O) groups excluding carboxylic acids is 1. The van der Waals surface area contributed by atoms with Gasteiger partial charge in [-0.2, -0.15) is 0 Å². The van der Waals surface area contributed by atoms with E-state index in [2.05, 4.69) is 19.8 Å². The van der Waals surface area contributed by atoms with Crippen LogP contribution in [0.1, 0.15) is 24.3 Å². The summed E-state index contributed by atoms with van der Waals surface area (Å²) in [6.45, 7) is -0.181. The molecule has 7 heteroatoms. The van der Waals surface area contributed by atoms with Gasteiger partial charge in [0, 0.05) is 30.3 Å². The second kappa shape index (κ2) is 6.24. The quantitative estimate of drug-likeness (QED) is 0.871. The highest BCUT2D eigenvalue weighted by Gasteiger charge is 2.33. The Kier molecular flexibility index (Phi) is 2.25. The fourth-order valence-electron chi connectivity index (χ4n) is 2.55. The van der Waals surface area contributed by atoms with Crippen LogP contribution >= 0.6 is 0 Å². The minimum absolute atomic E-state index is 0.172. The van der Waals surface area contributed by atoms with E-state index in [1.165, 1.54) is 12.3 Å². The van der Waals surface area contributed by atoms with Crippen LogP contribution in [-0.2, 0) is 4.79 Å². The molecule has 3 heterocycles. The van der Waals surface area contributed by atoms with Crippen LogP contribution in [0, 0.1) is 12.5 Å². The molecule has 1 saturated heterocycles. The number of likely N-dealkylation sites (tertiary alicyclic amines) is 1. The largest absolute Gasteiger partial charge is 0.354 e. The Morgan fingerprint density at radius 3 is 3.43 bits per heavy atom. The van der Waals surface area contributed by atoms with Crippen molar-refractivity contribution in [1.82, 2.24) is 19.9 Å². The maximum atomic E-state index is 12.6. The molecule has 1 fully saturated rings. The van der Waals surface area contributed by atoms with Gasteiger partial charge in [0.1, 0.15) is 21.9 Å². The van der Waals surface area contributed by atoms with Crippen molar-refractivity contribution in [3.63, 3.8) is 0 Å². The van der Waals surface area contributed by atoms with E-state index in [1.807, 2.05) is 0 Å². The summed E-state index contributed by atoms with van der Waals surface area (Å²) >= 11 is 0. The van der Waals surface area contributed by atoms with Crippen molar-refractivity contribution in [2.24, 2.45) is 5.92 Å². The molecule has 0 spiro atoms. The average molecular weight is 320 g/mol. The number of fused-ring (bicyclic) bond motifs is 1. The van der Waals surface area contributed by atoms with Gasteiger partial charge in [-0.25, -0.2) is 16.5 Å². The number of hydrogen-bond acceptors (Lipinski definition) is 4. The highest BCUT2D eigenvalue weighted by molar-refractivity contribution is 5.87. The van der Waals surface area contributed by atoms with Crippen LogP contribution in [0.2, 0.25) is 0 Å². The minimum Gasteiger partial charge on any atom is -0.354 e. The van der Waals surface area contributed by atoms with E-state index in [0.29, 0.717) is 4.90 Å². The van der Waals surface area contributed by atoms with Gasteiger partial charge in [-0.1, -0.05) is 6.92 Å². The third-order valence-electron chi connectivity index (χ3n) is 3.82. The van der Waals surface area contributed by atoms with E-state index in [-0.39, 0.29) is 29.8 Å². The maximum absolute atomic E-state index is 12.6. The lowest BCUT2D eigenvalue weighted by Gasteiger charge is -2.41. The lowest BCUT2D eigenvalue weighted by atomic mass is 9.92. The third-order valence-corrected chi connectivity index (χ3v) is 3.82. The van der Waals surface area contributed by atoms with Gasteiger partial charge in [-0.15, -0.1) is 0 Å². The van der Waals surface area contributed by atoms with Gasteiger partial charge in [0.05, 0.1) is 14.2 Å². The second-order valence-corrected chi connectivity index (χ2v) is 5.28. The standard InChI is InChI=1S/C16H20N6O/c1-11-5-7-22(14(23)8-17-2)9-13(11)21(3)16-12-4-6-18-15(12)19-10-20-16/h4,6,10-11,13H,5,7-9H2,1,3H3,(H,18,19,20)/t11-,13+/m1/s1/i3D3,8D2,9D2,10D. The molecule has 0 bridgehead atoms. The molecule has 1 aliphatic heterocycles. The molecule has 0 aromatic carbocycles. The number of rotatable bonds is 3. The molecule has 1 amide bonds. The summed E-state index contributed by atoms with van der Waals surface area (Å²) in [5.41, 5.74) is 0.200. The number of piperidine rings is 1. The number of anilines is 1. The fourth-order valence-corrected chi connectivity index (χ4v) is 2.55. The Bertz CT molecular complexity index is 1040. The number of nitrogens with one attached hydrogen (secondary N) is 1. The molecule has 120 valence electrons. The maximum Gasteiger partial charge on any atom is 0.302 e. The molecule has 0 saturated carbocycles. The van der Waals surface area contributed by atoms with Crippen LogP contribution in [0.5, 0.6) is 0 Å².